The van der Waals surface area contributed by atoms with Crippen LogP contribution < -0.4 is 5.32 Å². The molecule has 33 heavy (non-hydrogen) atoms. The van der Waals surface area contributed by atoms with Crippen molar-refractivity contribution >= 4 is 12.0 Å². The van der Waals surface area contributed by atoms with Crippen LogP contribution in [-0.2, 0) is 14.3 Å². The zero-order valence-electron chi connectivity index (χ0n) is 19.3. The zero-order chi connectivity index (χ0) is 24.1. The largest absolute Gasteiger partial charge is 0.513 e. The number of primary amides is 1. The van der Waals surface area contributed by atoms with Gasteiger partial charge in [0.25, 0.3) is 5.91 Å². The van der Waals surface area contributed by atoms with Gasteiger partial charge in [-0.1, -0.05) is 43.7 Å². The number of hydrogen-bond acceptors (Lipinski definition) is 5. The number of rotatable bonds is 8. The number of quaternary nitrogens is 1. The lowest BCUT2D eigenvalue weighted by Gasteiger charge is -2.27. The number of ether oxygens (including phenoxy) is 2. The summed E-state index contributed by atoms with van der Waals surface area (Å²) in [4.78, 5) is 34.7. The number of halogens is 2. The Bertz CT molecular complexity index is 948. The number of carbonyl (C=O) groups is 2. The Hall–Kier alpha value is -2.85. The first-order valence-corrected chi connectivity index (χ1v) is 10.9. The van der Waals surface area contributed by atoms with E-state index in [1.54, 1.807) is 11.1 Å². The maximum Gasteiger partial charge on any atom is 0.513 e. The highest BCUT2D eigenvalue weighted by Gasteiger charge is 2.43. The standard InChI is InChI=1S/C23H30F2N4O4/c1-13(2)19(28-23(31)32-4)21(30)29-11-15(12-33-22(24)25)9-18(29)20-26-10-17(27-20)16-7-5-14(3)6-8-16/h5-8,10,13,15,18-19,22H,9,11-12H2,1-4H3,(H,26,27)(H,28,31)/p+1/t15-,18-,19-/m0/s1. The van der Waals surface area contributed by atoms with Crippen LogP contribution in [0.4, 0.5) is 13.6 Å². The summed E-state index contributed by atoms with van der Waals surface area (Å²) in [6.07, 6.45) is 1.53. The molecule has 1 fully saturated rings. The van der Waals surface area contributed by atoms with Crippen molar-refractivity contribution in [2.45, 2.75) is 45.9 Å². The number of aromatic nitrogens is 2. The van der Waals surface area contributed by atoms with E-state index in [0.717, 1.165) is 16.8 Å². The minimum atomic E-state index is -2.87. The van der Waals surface area contributed by atoms with Crippen molar-refractivity contribution in [2.24, 2.45) is 11.8 Å². The molecular weight excluding hydrogens is 434 g/mol. The number of alkyl halides is 2. The molecule has 3 N–H and O–H groups in total. The summed E-state index contributed by atoms with van der Waals surface area (Å²) in [5, 5.41) is 1.27. The first kappa shape index (κ1) is 24.8. The van der Waals surface area contributed by atoms with Gasteiger partial charge in [-0.25, -0.2) is 10.3 Å². The fraction of sp³-hybridized carbons (Fsp3) is 0.522. The van der Waals surface area contributed by atoms with E-state index in [9.17, 15) is 18.4 Å². The van der Waals surface area contributed by atoms with E-state index in [1.165, 1.54) is 12.4 Å². The number of likely N-dealkylation sites (tertiary alicyclic amines) is 1. The average molecular weight is 466 g/mol. The van der Waals surface area contributed by atoms with E-state index in [1.807, 2.05) is 45.0 Å². The number of aromatic amines is 1. The van der Waals surface area contributed by atoms with Gasteiger partial charge >= 0.3 is 12.7 Å². The molecule has 0 saturated carbocycles. The van der Waals surface area contributed by atoms with Crippen LogP contribution in [0.2, 0.25) is 0 Å². The minimum absolute atomic E-state index is 0.159. The number of nitrogens with zero attached hydrogens (tertiary/aromatic N) is 2. The predicted octanol–water partition coefficient (Wildman–Crippen LogP) is 2.87. The fourth-order valence-corrected chi connectivity index (χ4v) is 4.10. The van der Waals surface area contributed by atoms with Crippen molar-refractivity contribution in [3.8, 4) is 11.3 Å². The molecule has 0 bridgehead atoms. The number of carbonyl (C=O) groups excluding carboxylic acids is 2. The Balaban J connectivity index is 1.86. The number of methoxy groups -OCH3 is 1. The molecule has 2 amide bonds. The van der Waals surface area contributed by atoms with E-state index in [-0.39, 0.29) is 30.9 Å². The normalized spacial score (nSPS) is 19.3. The van der Waals surface area contributed by atoms with Crippen LogP contribution in [0.25, 0.3) is 11.3 Å². The molecule has 3 atom stereocenters. The summed E-state index contributed by atoms with van der Waals surface area (Å²) >= 11 is 0. The summed E-state index contributed by atoms with van der Waals surface area (Å²) in [5.74, 6) is -0.146. The van der Waals surface area contributed by atoms with E-state index in [0.29, 0.717) is 12.2 Å². The molecule has 1 saturated heterocycles. The molecule has 1 aliphatic heterocycles. The highest BCUT2D eigenvalue weighted by atomic mass is 19.3. The highest BCUT2D eigenvalue weighted by Crippen LogP contribution is 2.36. The van der Waals surface area contributed by atoms with Gasteiger partial charge in [0.2, 0.25) is 0 Å². The molecule has 0 aliphatic carbocycles. The Morgan fingerprint density at radius 2 is 1.97 bits per heavy atom. The number of imidazole rings is 1. The van der Waals surface area contributed by atoms with Crippen molar-refractivity contribution in [1.82, 2.24) is 14.9 Å². The molecular formula is C23H31F2N4O4+. The molecule has 1 aromatic carbocycles. The van der Waals surface area contributed by atoms with E-state index >= 15 is 0 Å². The Labute approximate surface area is 191 Å². The number of benzene rings is 1. The van der Waals surface area contributed by atoms with E-state index < -0.39 is 24.8 Å². The lowest BCUT2D eigenvalue weighted by Crippen LogP contribution is -2.96. The molecule has 10 heteroatoms. The average Bonchev–Trinajstić information content (AvgIpc) is 3.43. The van der Waals surface area contributed by atoms with Gasteiger partial charge in [0.1, 0.15) is 5.82 Å². The maximum absolute atomic E-state index is 13.5. The van der Waals surface area contributed by atoms with Crippen molar-refractivity contribution in [1.29, 1.82) is 0 Å². The number of aryl methyl sites for hydroxylation is 1. The lowest BCUT2D eigenvalue weighted by atomic mass is 10.0. The predicted molar refractivity (Wildman–Crippen MR) is 116 cm³/mol. The first-order chi connectivity index (χ1) is 15.7. The SMILES string of the molecule is COC(=O)[NH2+][C@H](C(=O)N1C[C@@H](COC(F)F)C[C@H]1c1ncc(-c2ccc(C)cc2)[nH]1)C(C)C. The van der Waals surface area contributed by atoms with Crippen LogP contribution in [0, 0.1) is 18.8 Å². The molecule has 180 valence electrons. The summed E-state index contributed by atoms with van der Waals surface area (Å²) < 4.78 is 34.5. The van der Waals surface area contributed by atoms with Gasteiger partial charge in [0, 0.05) is 18.4 Å². The second-order valence-corrected chi connectivity index (χ2v) is 8.71. The topological polar surface area (TPSA) is 101 Å². The molecule has 0 radical (unpaired) electrons. The number of amides is 2. The summed E-state index contributed by atoms with van der Waals surface area (Å²) in [6, 6.07) is 6.79. The Kier molecular flexibility index (Phi) is 8.15. The van der Waals surface area contributed by atoms with Crippen molar-refractivity contribution in [3.05, 3.63) is 41.9 Å². The molecule has 1 aromatic heterocycles. The van der Waals surface area contributed by atoms with E-state index in [2.05, 4.69) is 14.7 Å². The van der Waals surface area contributed by atoms with Gasteiger partial charge < -0.3 is 19.4 Å². The van der Waals surface area contributed by atoms with Gasteiger partial charge in [-0.05, 0) is 18.9 Å². The van der Waals surface area contributed by atoms with Crippen molar-refractivity contribution < 1.29 is 33.2 Å². The molecule has 3 rings (SSSR count). The Morgan fingerprint density at radius 3 is 2.58 bits per heavy atom. The molecule has 2 aromatic rings. The number of hydrogen-bond donors (Lipinski definition) is 2. The van der Waals surface area contributed by atoms with Gasteiger partial charge in [-0.15, -0.1) is 0 Å². The van der Waals surface area contributed by atoms with Gasteiger partial charge in [0.15, 0.2) is 6.04 Å². The third-order valence-electron chi connectivity index (χ3n) is 5.92. The van der Waals surface area contributed by atoms with Crippen LogP contribution in [0.3, 0.4) is 0 Å². The van der Waals surface area contributed by atoms with Crippen LogP contribution in [0.5, 0.6) is 0 Å². The van der Waals surface area contributed by atoms with Crippen LogP contribution in [0.1, 0.15) is 37.7 Å². The number of H-pyrrole nitrogens is 1. The second-order valence-electron chi connectivity index (χ2n) is 8.71. The lowest BCUT2D eigenvalue weighted by molar-refractivity contribution is -0.601. The van der Waals surface area contributed by atoms with Gasteiger partial charge in [-0.3, -0.25) is 4.79 Å². The monoisotopic (exact) mass is 465 g/mol. The molecule has 2 heterocycles. The molecule has 1 aliphatic rings. The highest BCUT2D eigenvalue weighted by molar-refractivity contribution is 5.82. The van der Waals surface area contributed by atoms with Gasteiger partial charge in [-0.2, -0.15) is 13.6 Å². The quantitative estimate of drug-likeness (QED) is 0.624. The summed E-state index contributed by atoms with van der Waals surface area (Å²) in [6.45, 7) is 2.87. The smallest absolute Gasteiger partial charge is 0.423 e. The first-order valence-electron chi connectivity index (χ1n) is 10.9. The number of nitrogens with two attached hydrogens (primary N) is 1. The number of nitrogens with one attached hydrogen (secondary N) is 1. The molecule has 0 spiro atoms. The van der Waals surface area contributed by atoms with Crippen molar-refractivity contribution in [2.75, 3.05) is 20.3 Å². The molecule has 0 unspecified atom stereocenters. The fourth-order valence-electron chi connectivity index (χ4n) is 4.10. The van der Waals surface area contributed by atoms with E-state index in [4.69, 9.17) is 4.74 Å². The molecule has 8 nitrogen and oxygen atoms in total. The Morgan fingerprint density at radius 1 is 1.27 bits per heavy atom. The van der Waals surface area contributed by atoms with Gasteiger partial charge in [0.05, 0.1) is 31.6 Å². The van der Waals surface area contributed by atoms with Crippen molar-refractivity contribution in [3.63, 3.8) is 0 Å². The second kappa shape index (κ2) is 10.8. The summed E-state index contributed by atoms with van der Waals surface area (Å²) in [7, 11) is 1.26. The van der Waals surface area contributed by atoms with Crippen LogP contribution in [0.15, 0.2) is 30.5 Å². The minimum Gasteiger partial charge on any atom is -0.423 e. The third-order valence-corrected chi connectivity index (χ3v) is 5.92. The summed E-state index contributed by atoms with van der Waals surface area (Å²) in [5.41, 5.74) is 2.88. The van der Waals surface area contributed by atoms with Crippen LogP contribution >= 0.6 is 0 Å². The third kappa shape index (κ3) is 6.14. The van der Waals surface area contributed by atoms with Crippen LogP contribution in [-0.4, -0.2) is 59.8 Å². The zero-order valence-corrected chi connectivity index (χ0v) is 19.3. The maximum atomic E-state index is 13.5.